The first-order valence-electron chi connectivity index (χ1n) is 10.3. The van der Waals surface area contributed by atoms with Crippen LogP contribution in [0.3, 0.4) is 0 Å². The molecule has 2 N–H and O–H groups in total. The maximum atomic E-state index is 9.78. The number of aliphatic hydroxyl groups is 1. The highest BCUT2D eigenvalue weighted by atomic mass is 35.5. The van der Waals surface area contributed by atoms with Crippen molar-refractivity contribution in [3.05, 3.63) is 53.4 Å². The molecule has 2 fully saturated rings. The van der Waals surface area contributed by atoms with Crippen molar-refractivity contribution < 1.29 is 19.3 Å². The van der Waals surface area contributed by atoms with Crippen LogP contribution in [0.25, 0.3) is 11.0 Å². The number of benzene rings is 1. The van der Waals surface area contributed by atoms with E-state index in [4.69, 9.17) is 25.8 Å². The Morgan fingerprint density at radius 3 is 2.65 bits per heavy atom. The van der Waals surface area contributed by atoms with Gasteiger partial charge in [-0.15, -0.1) is 0 Å². The Morgan fingerprint density at radius 2 is 1.90 bits per heavy atom. The molecule has 164 valence electrons. The predicted octanol–water partition coefficient (Wildman–Crippen LogP) is 3.67. The van der Waals surface area contributed by atoms with E-state index < -0.39 is 18.1 Å². The molecule has 8 nitrogen and oxygen atoms in total. The lowest BCUT2D eigenvalue weighted by atomic mass is 10.1. The number of halogens is 1. The molecule has 2 aliphatic heterocycles. The second kappa shape index (κ2) is 7.72. The van der Waals surface area contributed by atoms with Crippen LogP contribution in [0.15, 0.2) is 42.6 Å². The van der Waals surface area contributed by atoms with Crippen LogP contribution in [0.2, 0.25) is 5.28 Å². The van der Waals surface area contributed by atoms with Gasteiger partial charge in [-0.2, -0.15) is 4.98 Å². The van der Waals surface area contributed by atoms with Gasteiger partial charge in [0.1, 0.15) is 29.8 Å². The molecule has 5 atom stereocenters. The lowest BCUT2D eigenvalue weighted by Crippen LogP contribution is -2.31. The number of anilines is 1. The number of hydrogen-bond donors (Lipinski definition) is 2. The normalized spacial score (nSPS) is 28.0. The summed E-state index contributed by atoms with van der Waals surface area (Å²) in [5.74, 6) is -0.111. The number of rotatable bonds is 5. The van der Waals surface area contributed by atoms with Crippen molar-refractivity contribution in [3.8, 4) is 0 Å². The zero-order valence-corrected chi connectivity index (χ0v) is 18.3. The molecule has 31 heavy (non-hydrogen) atoms. The third-order valence-electron chi connectivity index (χ3n) is 5.78. The van der Waals surface area contributed by atoms with Crippen LogP contribution >= 0.6 is 11.6 Å². The Bertz CT molecular complexity index is 1090. The van der Waals surface area contributed by atoms with Crippen molar-refractivity contribution >= 4 is 28.5 Å². The fraction of sp³-hybridized carbons (Fsp3) is 0.455. The minimum Gasteiger partial charge on any atom is -0.394 e. The SMILES string of the molecule is C[C@H](Nc1nc(Cl)nc2c1ccn2[C@@H]1OC(CO)[C@H]2OC(C)(C)O[C@H]21)c1ccccc1. The van der Waals surface area contributed by atoms with E-state index in [1.165, 1.54) is 0 Å². The van der Waals surface area contributed by atoms with Gasteiger partial charge in [0, 0.05) is 12.2 Å². The summed E-state index contributed by atoms with van der Waals surface area (Å²) in [6.07, 6.45) is 0.144. The number of nitrogens with zero attached hydrogens (tertiary/aromatic N) is 3. The number of ether oxygens (including phenoxy) is 3. The molecule has 4 heterocycles. The first kappa shape index (κ1) is 20.7. The van der Waals surface area contributed by atoms with Gasteiger partial charge >= 0.3 is 0 Å². The monoisotopic (exact) mass is 444 g/mol. The molecule has 2 saturated heterocycles. The second-order valence-corrected chi connectivity index (χ2v) is 8.73. The summed E-state index contributed by atoms with van der Waals surface area (Å²) in [6, 6.07) is 12.1. The van der Waals surface area contributed by atoms with Gasteiger partial charge in [0.25, 0.3) is 0 Å². The number of aliphatic hydroxyl groups excluding tert-OH is 1. The molecule has 1 aromatic carbocycles. The van der Waals surface area contributed by atoms with Crippen LogP contribution in [-0.4, -0.2) is 50.3 Å². The molecule has 3 aromatic rings. The molecule has 0 aliphatic carbocycles. The van der Waals surface area contributed by atoms with E-state index >= 15 is 0 Å². The predicted molar refractivity (Wildman–Crippen MR) is 116 cm³/mol. The maximum Gasteiger partial charge on any atom is 0.226 e. The van der Waals surface area contributed by atoms with Gasteiger partial charge < -0.3 is 29.2 Å². The standard InChI is InChI=1S/C22H25ClN4O4/c1-12(13-7-5-4-6-8-13)24-18-14-9-10-27(19(14)26-21(23)25-18)20-17-16(15(11-28)29-20)30-22(2,3)31-17/h4-10,12,15-17,20,28H,11H2,1-3H3,(H,24,25,26)/t12-,15?,16+,17+,20+/m0/s1. The van der Waals surface area contributed by atoms with E-state index in [0.29, 0.717) is 11.5 Å². The van der Waals surface area contributed by atoms with Gasteiger partial charge in [-0.05, 0) is 44.0 Å². The first-order chi connectivity index (χ1) is 14.9. The molecular weight excluding hydrogens is 420 g/mol. The zero-order valence-electron chi connectivity index (χ0n) is 17.5. The average molecular weight is 445 g/mol. The topological polar surface area (TPSA) is 90.7 Å². The number of fused-ring (bicyclic) bond motifs is 2. The summed E-state index contributed by atoms with van der Waals surface area (Å²) in [4.78, 5) is 8.88. The summed E-state index contributed by atoms with van der Waals surface area (Å²) in [5.41, 5.74) is 1.76. The maximum absolute atomic E-state index is 9.78. The Hall–Kier alpha value is -2.23. The van der Waals surface area contributed by atoms with Gasteiger partial charge in [-0.25, -0.2) is 4.98 Å². The average Bonchev–Trinajstić information content (AvgIpc) is 3.39. The Balaban J connectivity index is 1.50. The van der Waals surface area contributed by atoms with E-state index in [0.717, 1.165) is 10.9 Å². The molecule has 0 amide bonds. The third-order valence-corrected chi connectivity index (χ3v) is 5.95. The highest BCUT2D eigenvalue weighted by Gasteiger charge is 2.55. The Morgan fingerprint density at radius 1 is 1.16 bits per heavy atom. The minimum absolute atomic E-state index is 0.0250. The summed E-state index contributed by atoms with van der Waals surface area (Å²) in [5, 5.41) is 14.2. The largest absolute Gasteiger partial charge is 0.394 e. The van der Waals surface area contributed by atoms with Crippen LogP contribution in [0, 0.1) is 0 Å². The number of aromatic nitrogens is 3. The summed E-state index contributed by atoms with van der Waals surface area (Å²) >= 11 is 6.29. The zero-order chi connectivity index (χ0) is 21.8. The molecule has 2 aliphatic rings. The molecule has 1 unspecified atom stereocenters. The van der Waals surface area contributed by atoms with Gasteiger partial charge in [0.05, 0.1) is 12.0 Å². The molecule has 0 spiro atoms. The third kappa shape index (κ3) is 3.68. The highest BCUT2D eigenvalue weighted by Crippen LogP contribution is 2.44. The Kier molecular flexibility index (Phi) is 5.15. The van der Waals surface area contributed by atoms with Crippen molar-refractivity contribution in [2.45, 2.75) is 57.1 Å². The minimum atomic E-state index is -0.752. The first-order valence-corrected chi connectivity index (χ1v) is 10.7. The van der Waals surface area contributed by atoms with Crippen molar-refractivity contribution in [2.75, 3.05) is 11.9 Å². The van der Waals surface area contributed by atoms with Crippen LogP contribution in [0.1, 0.15) is 38.6 Å². The van der Waals surface area contributed by atoms with Gasteiger partial charge in [-0.1, -0.05) is 30.3 Å². The van der Waals surface area contributed by atoms with Crippen molar-refractivity contribution in [1.82, 2.24) is 14.5 Å². The molecule has 0 saturated carbocycles. The summed E-state index contributed by atoms with van der Waals surface area (Å²) in [6.45, 7) is 5.62. The molecular formula is C22H25ClN4O4. The second-order valence-electron chi connectivity index (χ2n) is 8.39. The van der Waals surface area contributed by atoms with Crippen LogP contribution in [0.5, 0.6) is 0 Å². The van der Waals surface area contributed by atoms with Gasteiger partial charge in [0.15, 0.2) is 12.0 Å². The van der Waals surface area contributed by atoms with E-state index in [-0.39, 0.29) is 30.1 Å². The molecule has 2 aromatic heterocycles. The molecule has 9 heteroatoms. The van der Waals surface area contributed by atoms with E-state index in [1.807, 2.05) is 48.9 Å². The number of nitrogens with one attached hydrogen (secondary N) is 1. The van der Waals surface area contributed by atoms with Crippen LogP contribution in [0.4, 0.5) is 5.82 Å². The molecule has 0 bridgehead atoms. The lowest BCUT2D eigenvalue weighted by Gasteiger charge is -2.24. The van der Waals surface area contributed by atoms with Crippen molar-refractivity contribution in [1.29, 1.82) is 0 Å². The van der Waals surface area contributed by atoms with Crippen LogP contribution < -0.4 is 5.32 Å². The summed E-state index contributed by atoms with van der Waals surface area (Å²) < 4.78 is 20.0. The number of hydrogen-bond acceptors (Lipinski definition) is 7. The lowest BCUT2D eigenvalue weighted by molar-refractivity contribution is -0.199. The fourth-order valence-corrected chi connectivity index (χ4v) is 4.55. The Labute approximate surface area is 185 Å². The smallest absolute Gasteiger partial charge is 0.226 e. The fourth-order valence-electron chi connectivity index (χ4n) is 4.38. The summed E-state index contributed by atoms with van der Waals surface area (Å²) in [7, 11) is 0. The van der Waals surface area contributed by atoms with Gasteiger partial charge in [-0.3, -0.25) is 0 Å². The van der Waals surface area contributed by atoms with E-state index in [9.17, 15) is 5.11 Å². The van der Waals surface area contributed by atoms with Crippen LogP contribution in [-0.2, 0) is 14.2 Å². The molecule has 0 radical (unpaired) electrons. The highest BCUT2D eigenvalue weighted by molar-refractivity contribution is 6.28. The van der Waals surface area contributed by atoms with E-state index in [2.05, 4.69) is 34.3 Å². The van der Waals surface area contributed by atoms with Crippen molar-refractivity contribution in [3.63, 3.8) is 0 Å². The molecule has 5 rings (SSSR count). The van der Waals surface area contributed by atoms with Crippen molar-refractivity contribution in [2.24, 2.45) is 0 Å². The quantitative estimate of drug-likeness (QED) is 0.580. The van der Waals surface area contributed by atoms with Gasteiger partial charge in [0.2, 0.25) is 5.28 Å². The van der Waals surface area contributed by atoms with E-state index in [1.54, 1.807) is 0 Å².